The highest BCUT2D eigenvalue weighted by atomic mass is 127. The summed E-state index contributed by atoms with van der Waals surface area (Å²) in [7, 11) is 5.95. The van der Waals surface area contributed by atoms with Gasteiger partial charge >= 0.3 is 0 Å². The van der Waals surface area contributed by atoms with E-state index in [0.717, 1.165) is 24.5 Å². The van der Waals surface area contributed by atoms with Crippen molar-refractivity contribution in [2.75, 3.05) is 60.4 Å². The second-order valence-corrected chi connectivity index (χ2v) is 6.81. The highest BCUT2D eigenvalue weighted by Crippen LogP contribution is 2.06. The zero-order valence-corrected chi connectivity index (χ0v) is 18.6. The van der Waals surface area contributed by atoms with Crippen molar-refractivity contribution in [1.29, 1.82) is 0 Å². The first-order valence-corrected chi connectivity index (χ1v) is 9.15. The summed E-state index contributed by atoms with van der Waals surface area (Å²) in [5.41, 5.74) is 0.945. The lowest BCUT2D eigenvalue weighted by atomic mass is 10.2. The molecule has 5 nitrogen and oxygen atoms in total. The van der Waals surface area contributed by atoms with Crippen molar-refractivity contribution < 1.29 is 4.39 Å². The first-order chi connectivity index (χ1) is 12.1. The number of hydrogen-bond acceptors (Lipinski definition) is 3. The van der Waals surface area contributed by atoms with E-state index in [9.17, 15) is 4.39 Å². The standard InChI is InChI=1S/C19H32FN5.HI/c1-21-19(24(3)16-17-7-6-8-18(20)15-17)22-9-4-5-10-25-13-11-23(2)12-14-25;/h6-8,15H,4-5,9-14,16H2,1-3H3,(H,21,22);1H. The molecule has 1 fully saturated rings. The van der Waals surface area contributed by atoms with Crippen LogP contribution in [0.1, 0.15) is 18.4 Å². The maximum Gasteiger partial charge on any atom is 0.193 e. The van der Waals surface area contributed by atoms with Gasteiger partial charge in [0, 0.05) is 53.4 Å². The van der Waals surface area contributed by atoms with Crippen molar-refractivity contribution in [1.82, 2.24) is 20.0 Å². The van der Waals surface area contributed by atoms with Crippen LogP contribution in [0.3, 0.4) is 0 Å². The Labute approximate surface area is 174 Å². The molecule has 0 spiro atoms. The molecule has 0 radical (unpaired) electrons. The fraction of sp³-hybridized carbons (Fsp3) is 0.632. The molecule has 1 N–H and O–H groups in total. The largest absolute Gasteiger partial charge is 0.356 e. The molecule has 0 atom stereocenters. The third kappa shape index (κ3) is 8.18. The van der Waals surface area contributed by atoms with Gasteiger partial charge in [-0.05, 0) is 44.1 Å². The Hall–Kier alpha value is -0.930. The minimum absolute atomic E-state index is 0. The van der Waals surface area contributed by atoms with Gasteiger partial charge < -0.3 is 20.0 Å². The Morgan fingerprint density at radius 2 is 1.96 bits per heavy atom. The zero-order chi connectivity index (χ0) is 18.1. The molecule has 0 aliphatic carbocycles. The van der Waals surface area contributed by atoms with Gasteiger partial charge in [-0.1, -0.05) is 12.1 Å². The Morgan fingerprint density at radius 3 is 2.62 bits per heavy atom. The number of rotatable bonds is 7. The average molecular weight is 477 g/mol. The minimum atomic E-state index is -0.197. The van der Waals surface area contributed by atoms with Crippen molar-refractivity contribution >= 4 is 29.9 Å². The summed E-state index contributed by atoms with van der Waals surface area (Å²) in [6.45, 7) is 7.44. The predicted octanol–water partition coefficient (Wildman–Crippen LogP) is 2.48. The number of guanidine groups is 1. The Morgan fingerprint density at radius 1 is 1.23 bits per heavy atom. The summed E-state index contributed by atoms with van der Waals surface area (Å²) in [5, 5.41) is 3.40. The van der Waals surface area contributed by atoms with Crippen molar-refractivity contribution in [3.63, 3.8) is 0 Å². The van der Waals surface area contributed by atoms with Crippen LogP contribution in [0.15, 0.2) is 29.3 Å². The highest BCUT2D eigenvalue weighted by molar-refractivity contribution is 14.0. The lowest BCUT2D eigenvalue weighted by Crippen LogP contribution is -2.44. The van der Waals surface area contributed by atoms with Crippen LogP contribution in [-0.4, -0.2) is 81.1 Å². The molecule has 1 aliphatic heterocycles. The van der Waals surface area contributed by atoms with Crippen molar-refractivity contribution in [2.24, 2.45) is 4.99 Å². The topological polar surface area (TPSA) is 34.1 Å². The van der Waals surface area contributed by atoms with Crippen LogP contribution < -0.4 is 5.32 Å². The quantitative estimate of drug-likeness (QED) is 0.283. The van der Waals surface area contributed by atoms with Crippen LogP contribution >= 0.6 is 24.0 Å². The maximum absolute atomic E-state index is 13.3. The van der Waals surface area contributed by atoms with E-state index in [2.05, 4.69) is 27.2 Å². The number of nitrogens with one attached hydrogen (secondary N) is 1. The molecular weight excluding hydrogens is 444 g/mol. The van der Waals surface area contributed by atoms with Gasteiger partial charge in [-0.15, -0.1) is 24.0 Å². The summed E-state index contributed by atoms with van der Waals surface area (Å²) in [5.74, 6) is 0.654. The van der Waals surface area contributed by atoms with Crippen LogP contribution in [0.25, 0.3) is 0 Å². The fourth-order valence-corrected chi connectivity index (χ4v) is 3.10. The summed E-state index contributed by atoms with van der Waals surface area (Å²) in [4.78, 5) is 11.3. The maximum atomic E-state index is 13.3. The van der Waals surface area contributed by atoms with Crippen LogP contribution in [0.5, 0.6) is 0 Å². The SMILES string of the molecule is CN=C(NCCCCN1CCN(C)CC1)N(C)Cc1cccc(F)c1.I. The van der Waals surface area contributed by atoms with E-state index in [1.54, 1.807) is 19.2 Å². The normalized spacial score (nSPS) is 16.2. The number of piperazine rings is 1. The lowest BCUT2D eigenvalue weighted by Gasteiger charge is -2.32. The molecule has 2 rings (SSSR count). The van der Waals surface area contributed by atoms with E-state index in [4.69, 9.17) is 0 Å². The van der Waals surface area contributed by atoms with Crippen molar-refractivity contribution in [3.05, 3.63) is 35.6 Å². The van der Waals surface area contributed by atoms with Gasteiger partial charge in [-0.3, -0.25) is 4.99 Å². The van der Waals surface area contributed by atoms with Gasteiger partial charge in [0.15, 0.2) is 5.96 Å². The average Bonchev–Trinajstić information content (AvgIpc) is 2.59. The number of benzene rings is 1. The molecule has 0 unspecified atom stereocenters. The number of unbranched alkanes of at least 4 members (excludes halogenated alkanes) is 1. The second-order valence-electron chi connectivity index (χ2n) is 6.81. The van der Waals surface area contributed by atoms with Crippen molar-refractivity contribution in [3.8, 4) is 0 Å². The number of nitrogens with zero attached hydrogens (tertiary/aromatic N) is 4. The summed E-state index contributed by atoms with van der Waals surface area (Å²) in [6, 6.07) is 6.72. The predicted molar refractivity (Wildman–Crippen MR) is 118 cm³/mol. The number of hydrogen-bond donors (Lipinski definition) is 1. The molecule has 0 bridgehead atoms. The Bertz CT molecular complexity index is 546. The summed E-state index contributed by atoms with van der Waals surface area (Å²) < 4.78 is 13.3. The second kappa shape index (κ2) is 12.5. The van der Waals surface area contributed by atoms with Crippen LogP contribution in [0.2, 0.25) is 0 Å². The van der Waals surface area contributed by atoms with Gasteiger partial charge in [-0.2, -0.15) is 0 Å². The molecule has 1 aliphatic rings. The molecule has 7 heteroatoms. The third-order valence-corrected chi connectivity index (χ3v) is 4.66. The van der Waals surface area contributed by atoms with E-state index < -0.39 is 0 Å². The highest BCUT2D eigenvalue weighted by Gasteiger charge is 2.13. The molecule has 1 aromatic rings. The molecule has 0 amide bonds. The molecule has 148 valence electrons. The van der Waals surface area contributed by atoms with Gasteiger partial charge in [0.1, 0.15) is 5.82 Å². The molecule has 1 saturated heterocycles. The number of likely N-dealkylation sites (N-methyl/N-ethyl adjacent to an activating group) is 1. The van der Waals surface area contributed by atoms with Gasteiger partial charge in [0.2, 0.25) is 0 Å². The Balaban J connectivity index is 0.00000338. The molecule has 0 saturated carbocycles. The molecule has 0 aromatic heterocycles. The van der Waals surface area contributed by atoms with Crippen molar-refractivity contribution in [2.45, 2.75) is 19.4 Å². The molecule has 1 aromatic carbocycles. The van der Waals surface area contributed by atoms with E-state index in [0.29, 0.717) is 6.54 Å². The van der Waals surface area contributed by atoms with E-state index >= 15 is 0 Å². The van der Waals surface area contributed by atoms with Crippen LogP contribution in [-0.2, 0) is 6.54 Å². The number of aliphatic imine (C=N–C) groups is 1. The molecular formula is C19H33FIN5. The summed E-state index contributed by atoms with van der Waals surface area (Å²) in [6.07, 6.45) is 2.32. The zero-order valence-electron chi connectivity index (χ0n) is 16.2. The lowest BCUT2D eigenvalue weighted by molar-refractivity contribution is 0.152. The van der Waals surface area contributed by atoms with E-state index in [-0.39, 0.29) is 29.8 Å². The van der Waals surface area contributed by atoms with Crippen LogP contribution in [0.4, 0.5) is 4.39 Å². The Kier molecular flexibility index (Phi) is 11.1. The third-order valence-electron chi connectivity index (χ3n) is 4.66. The number of halogens is 2. The van der Waals surface area contributed by atoms with Gasteiger partial charge in [0.05, 0.1) is 0 Å². The summed E-state index contributed by atoms with van der Waals surface area (Å²) >= 11 is 0. The molecule has 1 heterocycles. The van der Waals surface area contributed by atoms with E-state index in [1.807, 2.05) is 18.0 Å². The first-order valence-electron chi connectivity index (χ1n) is 9.15. The van der Waals surface area contributed by atoms with Gasteiger partial charge in [-0.25, -0.2) is 4.39 Å². The molecule has 26 heavy (non-hydrogen) atoms. The van der Waals surface area contributed by atoms with Gasteiger partial charge in [0.25, 0.3) is 0 Å². The first kappa shape index (κ1) is 23.1. The van der Waals surface area contributed by atoms with Crippen LogP contribution in [0, 0.1) is 5.82 Å². The fourth-order valence-electron chi connectivity index (χ4n) is 3.10. The minimum Gasteiger partial charge on any atom is -0.356 e. The monoisotopic (exact) mass is 477 g/mol. The smallest absolute Gasteiger partial charge is 0.193 e. The van der Waals surface area contributed by atoms with E-state index in [1.165, 1.54) is 45.2 Å².